The molecule has 244 valence electrons. The van der Waals surface area contributed by atoms with E-state index in [0.717, 1.165) is 11.2 Å². The molecule has 1 heterocycles. The smallest absolute Gasteiger partial charge is 0.135 e. The summed E-state index contributed by atoms with van der Waals surface area (Å²) in [5, 5.41) is 9.92. The van der Waals surface area contributed by atoms with Crippen LogP contribution in [-0.2, 0) is 5.41 Å². The molecule has 1 aliphatic rings. The Hall–Kier alpha value is -6.44. The molecular weight excluding hydrogens is 629 g/mol. The monoisotopic (exact) mass is 662 g/mol. The van der Waals surface area contributed by atoms with Crippen molar-refractivity contribution in [1.82, 2.24) is 0 Å². The van der Waals surface area contributed by atoms with Crippen molar-refractivity contribution in [3.8, 4) is 44.5 Å². The SMILES string of the molecule is CC1(C)c2ccc(-c3c4ccccc4c(-c4cccc(-c5ccc6ccccc6c5)c4)c4ccccc34)cc2-c2cc3c(cc21)oc1ccccc13. The second-order valence-electron chi connectivity index (χ2n) is 14.9. The molecule has 0 aliphatic heterocycles. The Labute approximate surface area is 302 Å². The lowest BCUT2D eigenvalue weighted by atomic mass is 9.81. The molecule has 0 saturated heterocycles. The zero-order valence-corrected chi connectivity index (χ0v) is 29.1. The molecule has 0 N–H and O–H groups in total. The molecule has 1 nitrogen and oxygen atoms in total. The second-order valence-corrected chi connectivity index (χ2v) is 14.9. The van der Waals surface area contributed by atoms with E-state index >= 15 is 0 Å². The van der Waals surface area contributed by atoms with E-state index in [-0.39, 0.29) is 5.41 Å². The summed E-state index contributed by atoms with van der Waals surface area (Å²) in [6.07, 6.45) is 0. The maximum atomic E-state index is 6.36. The topological polar surface area (TPSA) is 13.1 Å². The summed E-state index contributed by atoms with van der Waals surface area (Å²) in [6, 6.07) is 62.6. The minimum Gasteiger partial charge on any atom is -0.456 e. The van der Waals surface area contributed by atoms with E-state index in [2.05, 4.69) is 178 Å². The van der Waals surface area contributed by atoms with Crippen LogP contribution in [0.5, 0.6) is 0 Å². The highest BCUT2D eigenvalue weighted by atomic mass is 16.3. The van der Waals surface area contributed by atoms with Gasteiger partial charge in [-0.15, -0.1) is 0 Å². The first-order valence-corrected chi connectivity index (χ1v) is 18.2. The number of hydrogen-bond acceptors (Lipinski definition) is 1. The largest absolute Gasteiger partial charge is 0.456 e. The lowest BCUT2D eigenvalue weighted by Crippen LogP contribution is -2.14. The Morgan fingerprint density at radius 1 is 0.346 bits per heavy atom. The minimum absolute atomic E-state index is 0.138. The molecule has 1 aromatic heterocycles. The zero-order valence-electron chi connectivity index (χ0n) is 29.1. The molecule has 0 spiro atoms. The van der Waals surface area contributed by atoms with Crippen LogP contribution < -0.4 is 0 Å². The van der Waals surface area contributed by atoms with Crippen LogP contribution in [0.15, 0.2) is 174 Å². The summed E-state index contributed by atoms with van der Waals surface area (Å²) >= 11 is 0. The number of fused-ring (bicyclic) bond motifs is 9. The van der Waals surface area contributed by atoms with Gasteiger partial charge in [-0.05, 0) is 124 Å². The lowest BCUT2D eigenvalue weighted by Gasteiger charge is -2.22. The summed E-state index contributed by atoms with van der Waals surface area (Å²) in [6.45, 7) is 4.69. The van der Waals surface area contributed by atoms with E-state index in [1.807, 2.05) is 6.07 Å². The molecule has 52 heavy (non-hydrogen) atoms. The van der Waals surface area contributed by atoms with Crippen LogP contribution in [0.2, 0.25) is 0 Å². The molecule has 0 unspecified atom stereocenters. The molecular formula is C51H34O. The van der Waals surface area contributed by atoms with Gasteiger partial charge in [0.2, 0.25) is 0 Å². The molecule has 0 bridgehead atoms. The first-order valence-electron chi connectivity index (χ1n) is 18.2. The maximum Gasteiger partial charge on any atom is 0.135 e. The quantitative estimate of drug-likeness (QED) is 0.172. The number of benzene rings is 9. The fraction of sp³-hybridized carbons (Fsp3) is 0.0588. The second kappa shape index (κ2) is 10.8. The van der Waals surface area contributed by atoms with E-state index in [1.165, 1.54) is 98.7 Å². The average Bonchev–Trinajstić information content (AvgIpc) is 3.66. The van der Waals surface area contributed by atoms with Gasteiger partial charge in [-0.25, -0.2) is 0 Å². The van der Waals surface area contributed by atoms with E-state index in [9.17, 15) is 0 Å². The Kier molecular flexibility index (Phi) is 6.08. The van der Waals surface area contributed by atoms with Gasteiger partial charge in [0.1, 0.15) is 11.2 Å². The van der Waals surface area contributed by atoms with Crippen LogP contribution >= 0.6 is 0 Å². The van der Waals surface area contributed by atoms with Crippen LogP contribution in [0, 0.1) is 0 Å². The van der Waals surface area contributed by atoms with Crippen LogP contribution in [0.3, 0.4) is 0 Å². The predicted molar refractivity (Wildman–Crippen MR) is 220 cm³/mol. The summed E-state index contributed by atoms with van der Waals surface area (Å²) < 4.78 is 6.36. The molecule has 0 atom stereocenters. The van der Waals surface area contributed by atoms with E-state index in [1.54, 1.807) is 0 Å². The molecule has 0 fully saturated rings. The van der Waals surface area contributed by atoms with Gasteiger partial charge in [-0.2, -0.15) is 0 Å². The fourth-order valence-electron chi connectivity index (χ4n) is 9.10. The van der Waals surface area contributed by atoms with Gasteiger partial charge in [0.15, 0.2) is 0 Å². The van der Waals surface area contributed by atoms with E-state index in [4.69, 9.17) is 4.42 Å². The van der Waals surface area contributed by atoms with Crippen LogP contribution in [-0.4, -0.2) is 0 Å². The van der Waals surface area contributed by atoms with E-state index in [0.29, 0.717) is 0 Å². The van der Waals surface area contributed by atoms with Gasteiger partial charge in [0.05, 0.1) is 0 Å². The van der Waals surface area contributed by atoms with Gasteiger partial charge in [-0.3, -0.25) is 0 Å². The Balaban J connectivity index is 1.13. The zero-order chi connectivity index (χ0) is 34.6. The molecule has 11 rings (SSSR count). The first kappa shape index (κ1) is 29.3. The third kappa shape index (κ3) is 4.17. The highest BCUT2D eigenvalue weighted by molar-refractivity contribution is 6.22. The van der Waals surface area contributed by atoms with Crippen molar-refractivity contribution in [2.75, 3.05) is 0 Å². The standard InChI is InChI=1S/C51H34O/c1-51(2)45-25-24-36(28-42(45)43-29-44-37-16-9-10-21-47(37)52-48(44)30-46(43)51)50-40-19-7-5-17-38(40)49(39-18-6-8-20-41(39)50)35-15-11-14-33(27-35)34-23-22-31-12-3-4-13-32(31)26-34/h3-30H,1-2H3. The summed E-state index contributed by atoms with van der Waals surface area (Å²) in [4.78, 5) is 0. The molecule has 0 amide bonds. The molecule has 10 aromatic rings. The molecule has 1 heteroatoms. The number of furan rings is 1. The summed E-state index contributed by atoms with van der Waals surface area (Å²) in [5.74, 6) is 0. The third-order valence-corrected chi connectivity index (χ3v) is 11.6. The Morgan fingerprint density at radius 2 is 0.904 bits per heavy atom. The number of rotatable bonds is 3. The minimum atomic E-state index is -0.138. The van der Waals surface area contributed by atoms with Gasteiger partial charge in [-0.1, -0.05) is 147 Å². The van der Waals surface area contributed by atoms with Crippen LogP contribution in [0.1, 0.15) is 25.0 Å². The van der Waals surface area contributed by atoms with Crippen LogP contribution in [0.4, 0.5) is 0 Å². The van der Waals surface area contributed by atoms with Gasteiger partial charge >= 0.3 is 0 Å². The normalized spacial score (nSPS) is 13.3. The Morgan fingerprint density at radius 3 is 1.63 bits per heavy atom. The maximum absolute atomic E-state index is 6.36. The molecule has 0 radical (unpaired) electrons. The van der Waals surface area contributed by atoms with Crippen LogP contribution in [0.25, 0.3) is 98.8 Å². The van der Waals surface area contributed by atoms with Gasteiger partial charge in [0, 0.05) is 16.2 Å². The highest BCUT2D eigenvalue weighted by Crippen LogP contribution is 2.53. The van der Waals surface area contributed by atoms with E-state index < -0.39 is 0 Å². The number of para-hydroxylation sites is 1. The fourth-order valence-corrected chi connectivity index (χ4v) is 9.10. The van der Waals surface area contributed by atoms with Crippen molar-refractivity contribution < 1.29 is 4.42 Å². The average molecular weight is 663 g/mol. The predicted octanol–water partition coefficient (Wildman–Crippen LogP) is 14.4. The molecule has 9 aromatic carbocycles. The van der Waals surface area contributed by atoms with Crippen molar-refractivity contribution in [3.63, 3.8) is 0 Å². The van der Waals surface area contributed by atoms with Crippen molar-refractivity contribution in [3.05, 3.63) is 181 Å². The van der Waals surface area contributed by atoms with Gasteiger partial charge < -0.3 is 4.42 Å². The number of hydrogen-bond donors (Lipinski definition) is 0. The summed E-state index contributed by atoms with van der Waals surface area (Å²) in [7, 11) is 0. The Bertz CT molecular complexity index is 3040. The lowest BCUT2D eigenvalue weighted by molar-refractivity contribution is 0.647. The third-order valence-electron chi connectivity index (χ3n) is 11.6. The highest BCUT2D eigenvalue weighted by Gasteiger charge is 2.36. The molecule has 0 saturated carbocycles. The van der Waals surface area contributed by atoms with Crippen molar-refractivity contribution >= 4 is 54.3 Å². The molecule has 1 aliphatic carbocycles. The van der Waals surface area contributed by atoms with Crippen molar-refractivity contribution in [1.29, 1.82) is 0 Å². The first-order chi connectivity index (χ1) is 25.5. The van der Waals surface area contributed by atoms with Crippen molar-refractivity contribution in [2.24, 2.45) is 0 Å². The van der Waals surface area contributed by atoms with Crippen molar-refractivity contribution in [2.45, 2.75) is 19.3 Å². The summed E-state index contributed by atoms with van der Waals surface area (Å²) in [5.41, 5.74) is 14.5. The van der Waals surface area contributed by atoms with Gasteiger partial charge in [0.25, 0.3) is 0 Å².